The Morgan fingerprint density at radius 2 is 2.14 bits per heavy atom. The van der Waals surface area contributed by atoms with Gasteiger partial charge in [0.2, 0.25) is 0 Å². The third-order valence-corrected chi connectivity index (χ3v) is 2.38. The van der Waals surface area contributed by atoms with Crippen molar-refractivity contribution in [2.75, 3.05) is 0 Å². The summed E-state index contributed by atoms with van der Waals surface area (Å²) in [5, 5.41) is 11.3. The smallest absolute Gasteiger partial charge is 0.148 e. The summed E-state index contributed by atoms with van der Waals surface area (Å²) in [6, 6.07) is 7.60. The molecular weight excluding hydrogens is 196 g/mol. The first kappa shape index (κ1) is 8.98. The maximum Gasteiger partial charge on any atom is 0.148 e. The standard InChI is InChI=1S/C11H7ClN2/c1-7-4-8(12)5-10-9(7)2-3-14-11(10)6-13/h2-5H,1H3. The lowest BCUT2D eigenvalue weighted by Gasteiger charge is -2.03. The van der Waals surface area contributed by atoms with Crippen LogP contribution in [0, 0.1) is 18.3 Å². The molecule has 2 rings (SSSR count). The molecule has 0 amide bonds. The predicted molar refractivity (Wildman–Crippen MR) is 56.2 cm³/mol. The van der Waals surface area contributed by atoms with E-state index in [1.54, 1.807) is 12.3 Å². The van der Waals surface area contributed by atoms with Crippen LogP contribution in [0.4, 0.5) is 0 Å². The summed E-state index contributed by atoms with van der Waals surface area (Å²) in [7, 11) is 0. The van der Waals surface area contributed by atoms with E-state index in [9.17, 15) is 0 Å². The van der Waals surface area contributed by atoms with Crippen molar-refractivity contribution in [1.29, 1.82) is 5.26 Å². The molecule has 0 fully saturated rings. The van der Waals surface area contributed by atoms with Crippen LogP contribution >= 0.6 is 11.6 Å². The second kappa shape index (κ2) is 3.28. The fourth-order valence-electron chi connectivity index (χ4n) is 1.52. The SMILES string of the molecule is Cc1cc(Cl)cc2c(C#N)nccc12. The van der Waals surface area contributed by atoms with Gasteiger partial charge in [0.1, 0.15) is 11.8 Å². The van der Waals surface area contributed by atoms with E-state index < -0.39 is 0 Å². The van der Waals surface area contributed by atoms with Crippen LogP contribution < -0.4 is 0 Å². The summed E-state index contributed by atoms with van der Waals surface area (Å²) >= 11 is 5.92. The molecule has 0 aliphatic heterocycles. The van der Waals surface area contributed by atoms with Crippen molar-refractivity contribution in [3.05, 3.63) is 40.7 Å². The van der Waals surface area contributed by atoms with Crippen molar-refractivity contribution in [3.63, 3.8) is 0 Å². The van der Waals surface area contributed by atoms with Crippen LogP contribution in [0.3, 0.4) is 0 Å². The molecule has 0 unspecified atom stereocenters. The quantitative estimate of drug-likeness (QED) is 0.658. The monoisotopic (exact) mass is 202 g/mol. The minimum Gasteiger partial charge on any atom is -0.245 e. The number of fused-ring (bicyclic) bond motifs is 1. The second-order valence-corrected chi connectivity index (χ2v) is 3.53. The molecule has 3 heteroatoms. The van der Waals surface area contributed by atoms with Gasteiger partial charge in [-0.15, -0.1) is 0 Å². The van der Waals surface area contributed by atoms with Gasteiger partial charge in [-0.1, -0.05) is 11.6 Å². The first-order chi connectivity index (χ1) is 6.72. The molecule has 0 aliphatic rings. The van der Waals surface area contributed by atoms with Gasteiger partial charge in [0, 0.05) is 16.6 Å². The van der Waals surface area contributed by atoms with Gasteiger partial charge in [-0.05, 0) is 36.1 Å². The molecule has 0 spiro atoms. The fraction of sp³-hybridized carbons (Fsp3) is 0.0909. The number of hydrogen-bond donors (Lipinski definition) is 0. The topological polar surface area (TPSA) is 36.7 Å². The Hall–Kier alpha value is -1.59. The molecule has 1 aromatic carbocycles. The number of rotatable bonds is 0. The average Bonchev–Trinajstić information content (AvgIpc) is 2.17. The summed E-state index contributed by atoms with van der Waals surface area (Å²) in [5.74, 6) is 0. The Bertz CT molecular complexity index is 541. The highest BCUT2D eigenvalue weighted by atomic mass is 35.5. The number of nitriles is 1. The molecule has 0 N–H and O–H groups in total. The van der Waals surface area contributed by atoms with Gasteiger partial charge < -0.3 is 0 Å². The molecule has 1 aromatic heterocycles. The van der Waals surface area contributed by atoms with Crippen LogP contribution in [0.15, 0.2) is 24.4 Å². The Kier molecular flexibility index (Phi) is 2.11. The van der Waals surface area contributed by atoms with Crippen LogP contribution in [0.25, 0.3) is 10.8 Å². The molecule has 68 valence electrons. The molecule has 0 saturated heterocycles. The van der Waals surface area contributed by atoms with E-state index in [2.05, 4.69) is 11.1 Å². The lowest BCUT2D eigenvalue weighted by Crippen LogP contribution is -1.87. The lowest BCUT2D eigenvalue weighted by atomic mass is 10.1. The fourth-order valence-corrected chi connectivity index (χ4v) is 1.79. The zero-order valence-corrected chi connectivity index (χ0v) is 8.34. The van der Waals surface area contributed by atoms with E-state index in [0.29, 0.717) is 10.7 Å². The maximum atomic E-state index is 8.86. The Morgan fingerprint density at radius 3 is 2.86 bits per heavy atom. The number of nitrogens with zero attached hydrogens (tertiary/aromatic N) is 2. The van der Waals surface area contributed by atoms with Crippen molar-refractivity contribution in [1.82, 2.24) is 4.98 Å². The molecule has 0 atom stereocenters. The van der Waals surface area contributed by atoms with Crippen LogP contribution in [0.1, 0.15) is 11.3 Å². The molecule has 2 nitrogen and oxygen atoms in total. The van der Waals surface area contributed by atoms with Gasteiger partial charge in [-0.25, -0.2) is 4.98 Å². The van der Waals surface area contributed by atoms with Gasteiger partial charge in [-0.3, -0.25) is 0 Å². The summed E-state index contributed by atoms with van der Waals surface area (Å²) in [5.41, 5.74) is 1.49. The first-order valence-electron chi connectivity index (χ1n) is 4.17. The van der Waals surface area contributed by atoms with Crippen LogP contribution in [-0.4, -0.2) is 4.98 Å². The highest BCUT2D eigenvalue weighted by molar-refractivity contribution is 6.31. The van der Waals surface area contributed by atoms with Crippen molar-refractivity contribution < 1.29 is 0 Å². The maximum absolute atomic E-state index is 8.86. The number of aromatic nitrogens is 1. The summed E-state index contributed by atoms with van der Waals surface area (Å²) in [4.78, 5) is 3.99. The van der Waals surface area contributed by atoms with Crippen molar-refractivity contribution in [2.45, 2.75) is 6.92 Å². The number of aryl methyl sites for hydroxylation is 1. The van der Waals surface area contributed by atoms with Crippen LogP contribution in [0.2, 0.25) is 5.02 Å². The van der Waals surface area contributed by atoms with E-state index in [0.717, 1.165) is 16.3 Å². The average molecular weight is 203 g/mol. The van der Waals surface area contributed by atoms with E-state index in [1.807, 2.05) is 19.1 Å². The zero-order valence-electron chi connectivity index (χ0n) is 7.58. The van der Waals surface area contributed by atoms with Gasteiger partial charge in [0.05, 0.1) is 0 Å². The van der Waals surface area contributed by atoms with Crippen molar-refractivity contribution >= 4 is 22.4 Å². The molecule has 0 saturated carbocycles. The molecule has 0 aliphatic carbocycles. The van der Waals surface area contributed by atoms with E-state index in [4.69, 9.17) is 16.9 Å². The Balaban J connectivity index is 2.95. The van der Waals surface area contributed by atoms with E-state index in [-0.39, 0.29) is 0 Å². The molecule has 0 radical (unpaired) electrons. The third-order valence-electron chi connectivity index (χ3n) is 2.16. The number of pyridine rings is 1. The van der Waals surface area contributed by atoms with E-state index in [1.165, 1.54) is 0 Å². The van der Waals surface area contributed by atoms with Gasteiger partial charge in [-0.2, -0.15) is 5.26 Å². The molecule has 0 bridgehead atoms. The number of hydrogen-bond acceptors (Lipinski definition) is 2. The predicted octanol–water partition coefficient (Wildman–Crippen LogP) is 3.07. The molecule has 14 heavy (non-hydrogen) atoms. The largest absolute Gasteiger partial charge is 0.245 e. The second-order valence-electron chi connectivity index (χ2n) is 3.09. The summed E-state index contributed by atoms with van der Waals surface area (Å²) in [6.07, 6.45) is 1.64. The Morgan fingerprint density at radius 1 is 1.36 bits per heavy atom. The summed E-state index contributed by atoms with van der Waals surface area (Å²) < 4.78 is 0. The van der Waals surface area contributed by atoms with E-state index >= 15 is 0 Å². The van der Waals surface area contributed by atoms with Crippen LogP contribution in [0.5, 0.6) is 0 Å². The highest BCUT2D eigenvalue weighted by Crippen LogP contribution is 2.24. The third kappa shape index (κ3) is 1.32. The van der Waals surface area contributed by atoms with Gasteiger partial charge in [0.25, 0.3) is 0 Å². The minimum absolute atomic E-state index is 0.424. The van der Waals surface area contributed by atoms with Gasteiger partial charge >= 0.3 is 0 Å². The van der Waals surface area contributed by atoms with Crippen LogP contribution in [-0.2, 0) is 0 Å². The first-order valence-corrected chi connectivity index (χ1v) is 4.55. The van der Waals surface area contributed by atoms with Gasteiger partial charge in [0.15, 0.2) is 0 Å². The molecule has 2 aromatic rings. The normalized spacial score (nSPS) is 10.1. The highest BCUT2D eigenvalue weighted by Gasteiger charge is 2.04. The zero-order chi connectivity index (χ0) is 10.1. The van der Waals surface area contributed by atoms with Crippen molar-refractivity contribution in [3.8, 4) is 6.07 Å². The molecular formula is C11H7ClN2. The lowest BCUT2D eigenvalue weighted by molar-refractivity contribution is 1.29. The summed E-state index contributed by atoms with van der Waals surface area (Å²) in [6.45, 7) is 1.97. The van der Waals surface area contributed by atoms with Crippen molar-refractivity contribution in [2.24, 2.45) is 0 Å². The molecule has 1 heterocycles. The Labute approximate surface area is 86.8 Å². The minimum atomic E-state index is 0.424. The number of benzene rings is 1. The number of halogens is 1.